The molecule has 0 saturated heterocycles. The van der Waals surface area contributed by atoms with Gasteiger partial charge in [-0.3, -0.25) is 9.59 Å². The average Bonchev–Trinajstić information content (AvgIpc) is 3.16. The molecule has 4 aromatic rings. The van der Waals surface area contributed by atoms with Gasteiger partial charge in [0.2, 0.25) is 0 Å². The molecule has 0 aliphatic carbocycles. The van der Waals surface area contributed by atoms with Gasteiger partial charge >= 0.3 is 0 Å². The summed E-state index contributed by atoms with van der Waals surface area (Å²) in [5.74, 6) is -0.809. The number of imide groups is 1. The maximum atomic E-state index is 13.3. The average molecular weight is 403 g/mol. The van der Waals surface area contributed by atoms with E-state index in [4.69, 9.17) is 11.6 Å². The molecule has 0 saturated carbocycles. The molecule has 0 spiro atoms. The van der Waals surface area contributed by atoms with Gasteiger partial charge in [-0.05, 0) is 49.7 Å². The number of hydrogen-bond acceptors (Lipinski definition) is 4. The van der Waals surface area contributed by atoms with E-state index in [1.165, 1.54) is 6.20 Å². The van der Waals surface area contributed by atoms with Crippen LogP contribution in [0.2, 0.25) is 5.02 Å². The highest BCUT2D eigenvalue weighted by atomic mass is 35.5. The summed E-state index contributed by atoms with van der Waals surface area (Å²) < 4.78 is 1.71. The minimum absolute atomic E-state index is 0.273. The predicted octanol–water partition coefficient (Wildman–Crippen LogP) is 4.49. The van der Waals surface area contributed by atoms with Gasteiger partial charge in [0.25, 0.3) is 11.8 Å². The zero-order valence-electron chi connectivity index (χ0n) is 15.7. The third kappa shape index (κ3) is 2.57. The van der Waals surface area contributed by atoms with E-state index in [1.54, 1.807) is 28.9 Å². The molecular formula is C22H15ClN4O2. The van der Waals surface area contributed by atoms with Crippen LogP contribution in [0.15, 0.2) is 54.7 Å². The summed E-state index contributed by atoms with van der Waals surface area (Å²) in [6.45, 7) is 3.81. The molecule has 0 bridgehead atoms. The number of aromatic nitrogens is 3. The van der Waals surface area contributed by atoms with Gasteiger partial charge in [0, 0.05) is 11.2 Å². The highest BCUT2D eigenvalue weighted by molar-refractivity contribution is 6.38. The van der Waals surface area contributed by atoms with Crippen molar-refractivity contribution in [2.75, 3.05) is 4.90 Å². The van der Waals surface area contributed by atoms with Crippen LogP contribution < -0.4 is 4.90 Å². The lowest BCUT2D eigenvalue weighted by atomic mass is 10.1. The van der Waals surface area contributed by atoms with Gasteiger partial charge in [0.05, 0.1) is 33.6 Å². The summed E-state index contributed by atoms with van der Waals surface area (Å²) >= 11 is 6.06. The molecule has 1 aliphatic heterocycles. The summed E-state index contributed by atoms with van der Waals surface area (Å²) in [5.41, 5.74) is 4.15. The van der Waals surface area contributed by atoms with E-state index in [1.807, 2.05) is 38.1 Å². The molecule has 7 heteroatoms. The number of nitrogens with zero attached hydrogens (tertiary/aromatic N) is 4. The lowest BCUT2D eigenvalue weighted by molar-refractivity contribution is 0.0926. The van der Waals surface area contributed by atoms with Crippen LogP contribution >= 0.6 is 11.6 Å². The van der Waals surface area contributed by atoms with Crippen LogP contribution in [0.25, 0.3) is 16.7 Å². The van der Waals surface area contributed by atoms with Crippen molar-refractivity contribution in [3.05, 3.63) is 82.1 Å². The van der Waals surface area contributed by atoms with E-state index < -0.39 is 11.8 Å². The zero-order valence-corrected chi connectivity index (χ0v) is 16.4. The molecule has 5 rings (SSSR count). The number of rotatable bonds is 2. The molecule has 0 N–H and O–H groups in total. The van der Waals surface area contributed by atoms with E-state index in [0.717, 1.165) is 16.2 Å². The molecular weight excluding hydrogens is 388 g/mol. The van der Waals surface area contributed by atoms with Gasteiger partial charge < -0.3 is 0 Å². The Morgan fingerprint density at radius 2 is 1.69 bits per heavy atom. The van der Waals surface area contributed by atoms with E-state index in [2.05, 4.69) is 10.1 Å². The number of carbonyl (C=O) groups excluding carboxylic acids is 2. The number of pyridine rings is 1. The van der Waals surface area contributed by atoms with Crippen LogP contribution in [0, 0.1) is 13.8 Å². The van der Waals surface area contributed by atoms with E-state index in [-0.39, 0.29) is 5.56 Å². The van der Waals surface area contributed by atoms with Gasteiger partial charge in [0.1, 0.15) is 0 Å². The number of carbonyl (C=O) groups is 2. The molecule has 6 nitrogen and oxygen atoms in total. The van der Waals surface area contributed by atoms with Crippen molar-refractivity contribution in [3.63, 3.8) is 0 Å². The van der Waals surface area contributed by atoms with Gasteiger partial charge in [-0.1, -0.05) is 29.8 Å². The quantitative estimate of drug-likeness (QED) is 0.463. The Labute approximate surface area is 171 Å². The number of halogens is 1. The second-order valence-electron chi connectivity index (χ2n) is 7.01. The molecule has 0 atom stereocenters. The molecule has 2 amide bonds. The number of aryl methyl sites for hydroxylation is 2. The Bertz CT molecular complexity index is 1340. The Kier molecular flexibility index (Phi) is 3.79. The first-order chi connectivity index (χ1) is 14.0. The van der Waals surface area contributed by atoms with Crippen molar-refractivity contribution >= 4 is 40.1 Å². The number of anilines is 1. The van der Waals surface area contributed by atoms with Crippen LogP contribution in [-0.4, -0.2) is 26.6 Å². The molecule has 1 aliphatic rings. The van der Waals surface area contributed by atoms with Crippen LogP contribution in [0.1, 0.15) is 32.0 Å². The minimum atomic E-state index is -0.413. The van der Waals surface area contributed by atoms with E-state index in [0.29, 0.717) is 33.0 Å². The van der Waals surface area contributed by atoms with Crippen molar-refractivity contribution < 1.29 is 9.59 Å². The Hall–Kier alpha value is -3.51. The molecule has 3 heterocycles. The normalized spacial score (nSPS) is 13.4. The maximum Gasteiger partial charge on any atom is 0.267 e. The first-order valence-electron chi connectivity index (χ1n) is 9.05. The maximum absolute atomic E-state index is 13.3. The van der Waals surface area contributed by atoms with Gasteiger partial charge in [-0.25, -0.2) is 14.6 Å². The zero-order chi connectivity index (χ0) is 20.3. The molecule has 2 aromatic carbocycles. The smallest absolute Gasteiger partial charge is 0.267 e. The third-order valence-corrected chi connectivity index (χ3v) is 5.27. The molecule has 0 radical (unpaired) electrons. The number of amides is 2. The minimum Gasteiger partial charge on any atom is -0.268 e. The fourth-order valence-corrected chi connectivity index (χ4v) is 3.93. The van der Waals surface area contributed by atoms with Crippen molar-refractivity contribution in [2.45, 2.75) is 13.8 Å². The largest absolute Gasteiger partial charge is 0.268 e. The van der Waals surface area contributed by atoms with Crippen molar-refractivity contribution in [2.24, 2.45) is 0 Å². The van der Waals surface area contributed by atoms with Crippen LogP contribution in [-0.2, 0) is 0 Å². The van der Waals surface area contributed by atoms with Crippen molar-refractivity contribution in [1.82, 2.24) is 14.8 Å². The fraction of sp³-hybridized carbons (Fsp3) is 0.0909. The Balaban J connectivity index is 1.73. The van der Waals surface area contributed by atoms with E-state index in [9.17, 15) is 9.59 Å². The topological polar surface area (TPSA) is 68.1 Å². The molecule has 142 valence electrons. The Morgan fingerprint density at radius 3 is 2.45 bits per heavy atom. The molecule has 2 aromatic heterocycles. The first kappa shape index (κ1) is 17.6. The Morgan fingerprint density at radius 1 is 0.931 bits per heavy atom. The van der Waals surface area contributed by atoms with Gasteiger partial charge in [0.15, 0.2) is 5.65 Å². The monoisotopic (exact) mass is 402 g/mol. The highest BCUT2D eigenvalue weighted by Crippen LogP contribution is 2.35. The fourth-order valence-electron chi connectivity index (χ4n) is 3.75. The lowest BCUT2D eigenvalue weighted by Crippen LogP contribution is -2.29. The van der Waals surface area contributed by atoms with Gasteiger partial charge in [-0.2, -0.15) is 5.10 Å². The van der Waals surface area contributed by atoms with Gasteiger partial charge in [-0.15, -0.1) is 0 Å². The third-order valence-electron chi connectivity index (χ3n) is 5.03. The number of fused-ring (bicyclic) bond motifs is 3. The molecule has 0 unspecified atom stereocenters. The first-order valence-corrected chi connectivity index (χ1v) is 9.43. The highest BCUT2D eigenvalue weighted by Gasteiger charge is 2.40. The van der Waals surface area contributed by atoms with Crippen LogP contribution in [0.3, 0.4) is 0 Å². The van der Waals surface area contributed by atoms with Crippen LogP contribution in [0.4, 0.5) is 5.69 Å². The van der Waals surface area contributed by atoms with Crippen LogP contribution in [0.5, 0.6) is 0 Å². The second-order valence-corrected chi connectivity index (χ2v) is 7.44. The summed E-state index contributed by atoms with van der Waals surface area (Å²) in [7, 11) is 0. The lowest BCUT2D eigenvalue weighted by Gasteiger charge is -2.13. The predicted molar refractivity (Wildman–Crippen MR) is 111 cm³/mol. The molecule has 0 fully saturated rings. The summed E-state index contributed by atoms with van der Waals surface area (Å²) in [4.78, 5) is 31.9. The number of benzene rings is 2. The standard InChI is InChI=1S/C22H15ClN4O2/c1-12-5-3-8-16(9-12)27-20-18(13(2)25-27)19-17(11-24-20)21(28)26(22(19)29)15-7-4-6-14(23)10-15/h3-11H,1-2H3. The van der Waals surface area contributed by atoms with Crippen molar-refractivity contribution in [1.29, 1.82) is 0 Å². The van der Waals surface area contributed by atoms with Crippen molar-refractivity contribution in [3.8, 4) is 5.69 Å². The summed E-state index contributed by atoms with van der Waals surface area (Å²) in [6, 6.07) is 14.5. The number of hydrogen-bond donors (Lipinski definition) is 0. The van der Waals surface area contributed by atoms with E-state index >= 15 is 0 Å². The summed E-state index contributed by atoms with van der Waals surface area (Å²) in [6.07, 6.45) is 1.45. The summed E-state index contributed by atoms with van der Waals surface area (Å²) in [5, 5.41) is 5.64. The molecule has 29 heavy (non-hydrogen) atoms. The second kappa shape index (κ2) is 6.25. The SMILES string of the molecule is Cc1cccc(-n2nc(C)c3c4c(cnc32)C(=O)N(c2cccc(Cl)c2)C4=O)c1.